The van der Waals surface area contributed by atoms with Crippen LogP contribution in [0.25, 0.3) is 5.57 Å². The smallest absolute Gasteiger partial charge is 0.318 e. The molecule has 2 heterocycles. The molecule has 2 fully saturated rings. The molecule has 0 atom stereocenters. The molecule has 0 radical (unpaired) electrons. The van der Waals surface area contributed by atoms with Crippen molar-refractivity contribution >= 4 is 17.5 Å². The van der Waals surface area contributed by atoms with Crippen LogP contribution in [-0.2, 0) is 15.1 Å². The molecule has 0 spiro atoms. The molecule has 1 N–H and O–H groups in total. The summed E-state index contributed by atoms with van der Waals surface area (Å²) in [6.07, 6.45) is 1.43. The predicted molar refractivity (Wildman–Crippen MR) is 114 cm³/mol. The summed E-state index contributed by atoms with van der Waals surface area (Å²) >= 11 is 0. The van der Waals surface area contributed by atoms with Gasteiger partial charge >= 0.3 is 6.03 Å². The number of piperidine rings is 1. The van der Waals surface area contributed by atoms with Crippen molar-refractivity contribution < 1.29 is 14.3 Å². The van der Waals surface area contributed by atoms with Crippen LogP contribution in [0.3, 0.4) is 0 Å². The predicted octanol–water partition coefficient (Wildman–Crippen LogP) is 3.24. The normalized spacial score (nSPS) is 18.4. The summed E-state index contributed by atoms with van der Waals surface area (Å²) in [6, 6.07) is 8.05. The molecule has 6 heteroatoms. The van der Waals surface area contributed by atoms with Crippen molar-refractivity contribution in [3.8, 4) is 0 Å². The first-order valence-corrected chi connectivity index (χ1v) is 10.5. The summed E-state index contributed by atoms with van der Waals surface area (Å²) in [7, 11) is 0. The van der Waals surface area contributed by atoms with Gasteiger partial charge < -0.3 is 19.9 Å². The zero-order valence-electron chi connectivity index (χ0n) is 17.9. The minimum absolute atomic E-state index is 0.0115. The van der Waals surface area contributed by atoms with Gasteiger partial charge in [-0.1, -0.05) is 30.4 Å². The molecular formula is C23H33N3O3. The number of benzene rings is 1. The van der Waals surface area contributed by atoms with Gasteiger partial charge in [-0.05, 0) is 50.8 Å². The number of hydrogen-bond acceptors (Lipinski definition) is 3. The van der Waals surface area contributed by atoms with Gasteiger partial charge in [-0.25, -0.2) is 4.79 Å². The van der Waals surface area contributed by atoms with E-state index >= 15 is 0 Å². The zero-order chi connectivity index (χ0) is 21.0. The van der Waals surface area contributed by atoms with E-state index in [1.165, 1.54) is 0 Å². The highest BCUT2D eigenvalue weighted by Gasteiger charge is 2.32. The number of ether oxygens (including phenoxy) is 1. The van der Waals surface area contributed by atoms with Crippen LogP contribution in [-0.4, -0.2) is 61.1 Å². The van der Waals surface area contributed by atoms with Gasteiger partial charge in [-0.2, -0.15) is 0 Å². The fourth-order valence-electron chi connectivity index (χ4n) is 3.96. The summed E-state index contributed by atoms with van der Waals surface area (Å²) in [5, 5.41) is 3.16. The Morgan fingerprint density at radius 1 is 1.10 bits per heavy atom. The Balaban J connectivity index is 1.55. The number of rotatable bonds is 4. The molecule has 3 amide bonds. The average molecular weight is 400 g/mol. The highest BCUT2D eigenvalue weighted by molar-refractivity contribution is 5.80. The number of likely N-dealkylation sites (tertiary alicyclic amines) is 1. The SMILES string of the molecule is C=C(C)c1cccc(C(C)(C)NC(=O)N2CCC(C(=O)N3CCOCC3)CC2)c1. The molecule has 0 saturated carbocycles. The summed E-state index contributed by atoms with van der Waals surface area (Å²) in [6.45, 7) is 13.8. The second-order valence-electron chi connectivity index (χ2n) is 8.62. The Morgan fingerprint density at radius 3 is 2.38 bits per heavy atom. The van der Waals surface area contributed by atoms with Crippen molar-refractivity contribution in [2.24, 2.45) is 5.92 Å². The molecular weight excluding hydrogens is 366 g/mol. The highest BCUT2D eigenvalue weighted by Crippen LogP contribution is 2.25. The maximum Gasteiger partial charge on any atom is 0.318 e. The van der Waals surface area contributed by atoms with Gasteiger partial charge in [0.25, 0.3) is 0 Å². The van der Waals surface area contributed by atoms with Crippen LogP contribution in [0.15, 0.2) is 30.8 Å². The second-order valence-corrected chi connectivity index (χ2v) is 8.62. The number of allylic oxidation sites excluding steroid dienone is 1. The van der Waals surface area contributed by atoms with Crippen molar-refractivity contribution in [1.29, 1.82) is 0 Å². The van der Waals surface area contributed by atoms with Crippen LogP contribution in [0.4, 0.5) is 4.79 Å². The molecule has 6 nitrogen and oxygen atoms in total. The van der Waals surface area contributed by atoms with Gasteiger partial charge in [0.15, 0.2) is 0 Å². The molecule has 0 bridgehead atoms. The van der Waals surface area contributed by atoms with Crippen molar-refractivity contribution in [2.75, 3.05) is 39.4 Å². The largest absolute Gasteiger partial charge is 0.378 e. The van der Waals surface area contributed by atoms with Gasteiger partial charge in [-0.15, -0.1) is 0 Å². The van der Waals surface area contributed by atoms with Gasteiger partial charge in [0.1, 0.15) is 0 Å². The van der Waals surface area contributed by atoms with E-state index in [-0.39, 0.29) is 17.9 Å². The van der Waals surface area contributed by atoms with E-state index in [9.17, 15) is 9.59 Å². The molecule has 29 heavy (non-hydrogen) atoms. The lowest BCUT2D eigenvalue weighted by Crippen LogP contribution is -2.52. The molecule has 2 aliphatic rings. The van der Waals surface area contributed by atoms with E-state index in [1.54, 1.807) is 0 Å². The third-order valence-corrected chi connectivity index (χ3v) is 5.95. The first-order chi connectivity index (χ1) is 13.8. The molecule has 1 aromatic carbocycles. The summed E-state index contributed by atoms with van der Waals surface area (Å²) in [5.74, 6) is 0.225. The summed E-state index contributed by atoms with van der Waals surface area (Å²) < 4.78 is 5.33. The first kappa shape index (κ1) is 21.4. The monoisotopic (exact) mass is 399 g/mol. The van der Waals surface area contributed by atoms with E-state index in [0.29, 0.717) is 39.4 Å². The fourth-order valence-corrected chi connectivity index (χ4v) is 3.96. The molecule has 2 saturated heterocycles. The Kier molecular flexibility index (Phi) is 6.63. The molecule has 0 aliphatic carbocycles. The molecule has 1 aromatic rings. The van der Waals surface area contributed by atoms with Crippen LogP contribution < -0.4 is 5.32 Å². The lowest BCUT2D eigenvalue weighted by atomic mass is 9.91. The van der Waals surface area contributed by atoms with Crippen molar-refractivity contribution in [1.82, 2.24) is 15.1 Å². The maximum atomic E-state index is 12.9. The summed E-state index contributed by atoms with van der Waals surface area (Å²) in [4.78, 5) is 29.3. The van der Waals surface area contributed by atoms with E-state index in [4.69, 9.17) is 4.74 Å². The third kappa shape index (κ3) is 5.18. The molecule has 3 rings (SSSR count). The lowest BCUT2D eigenvalue weighted by molar-refractivity contribution is -0.141. The molecule has 0 unspecified atom stereocenters. The van der Waals surface area contributed by atoms with Crippen molar-refractivity contribution in [3.05, 3.63) is 42.0 Å². The molecule has 2 aliphatic heterocycles. The first-order valence-electron chi connectivity index (χ1n) is 10.5. The van der Waals surface area contributed by atoms with Crippen LogP contribution in [0, 0.1) is 5.92 Å². The Hall–Kier alpha value is -2.34. The van der Waals surface area contributed by atoms with E-state index < -0.39 is 5.54 Å². The van der Waals surface area contributed by atoms with E-state index in [0.717, 1.165) is 29.5 Å². The zero-order valence-corrected chi connectivity index (χ0v) is 17.9. The number of morpholine rings is 1. The Morgan fingerprint density at radius 2 is 1.76 bits per heavy atom. The standard InChI is InChI=1S/C23H33N3O3/c1-17(2)19-6-5-7-20(16-19)23(3,4)24-22(28)26-10-8-18(9-11-26)21(27)25-12-14-29-15-13-25/h5-7,16,18H,1,8-15H2,2-4H3,(H,24,28). The quantitative estimate of drug-likeness (QED) is 0.846. The van der Waals surface area contributed by atoms with Crippen LogP contribution in [0.5, 0.6) is 0 Å². The van der Waals surface area contributed by atoms with Gasteiger partial charge in [-0.3, -0.25) is 4.79 Å². The van der Waals surface area contributed by atoms with E-state index in [1.807, 2.05) is 48.8 Å². The maximum absolute atomic E-state index is 12.9. The lowest BCUT2D eigenvalue weighted by Gasteiger charge is -2.37. The fraction of sp³-hybridized carbons (Fsp3) is 0.565. The van der Waals surface area contributed by atoms with Crippen LogP contribution >= 0.6 is 0 Å². The van der Waals surface area contributed by atoms with Crippen molar-refractivity contribution in [3.63, 3.8) is 0 Å². The van der Waals surface area contributed by atoms with Crippen LogP contribution in [0.1, 0.15) is 44.7 Å². The minimum atomic E-state index is -0.497. The van der Waals surface area contributed by atoms with E-state index in [2.05, 4.69) is 18.0 Å². The number of hydrogen-bond donors (Lipinski definition) is 1. The average Bonchev–Trinajstić information content (AvgIpc) is 2.73. The van der Waals surface area contributed by atoms with Crippen LogP contribution in [0.2, 0.25) is 0 Å². The Bertz CT molecular complexity index is 760. The number of carbonyl (C=O) groups is 2. The van der Waals surface area contributed by atoms with Crippen molar-refractivity contribution in [2.45, 2.75) is 39.2 Å². The van der Waals surface area contributed by atoms with Gasteiger partial charge in [0, 0.05) is 32.1 Å². The summed E-state index contributed by atoms with van der Waals surface area (Å²) in [5.41, 5.74) is 2.63. The third-order valence-electron chi connectivity index (χ3n) is 5.95. The van der Waals surface area contributed by atoms with Gasteiger partial charge in [0.05, 0.1) is 18.8 Å². The molecule has 158 valence electrons. The number of amides is 3. The topological polar surface area (TPSA) is 61.9 Å². The minimum Gasteiger partial charge on any atom is -0.378 e. The number of carbonyl (C=O) groups excluding carboxylic acids is 2. The number of nitrogens with one attached hydrogen (secondary N) is 1. The highest BCUT2D eigenvalue weighted by atomic mass is 16.5. The van der Waals surface area contributed by atoms with Gasteiger partial charge in [0.2, 0.25) is 5.91 Å². The number of urea groups is 1. The number of nitrogens with zero attached hydrogens (tertiary/aromatic N) is 2. The molecule has 0 aromatic heterocycles. The second kappa shape index (κ2) is 8.99. The Labute approximate surface area is 173 Å².